The Morgan fingerprint density at radius 1 is 1.12 bits per heavy atom. The molecule has 1 N–H and O–H groups in total. The maximum Gasteiger partial charge on any atom is 0.160 e. The number of hydrogen-bond donors (Lipinski definition) is 1. The number of aromatic hydroxyl groups is 1. The minimum absolute atomic E-state index is 0.223. The molecule has 3 heteroatoms. The third-order valence-electron chi connectivity index (χ3n) is 2.98. The van der Waals surface area contributed by atoms with Gasteiger partial charge in [0.2, 0.25) is 0 Å². The van der Waals surface area contributed by atoms with Crippen LogP contribution in [0.25, 0.3) is 0 Å². The largest absolute Gasteiger partial charge is 0.504 e. The Kier molecular flexibility index (Phi) is 4.05. The molecule has 0 saturated carbocycles. The van der Waals surface area contributed by atoms with Crippen LogP contribution in [0, 0.1) is 0 Å². The molecule has 1 aromatic rings. The van der Waals surface area contributed by atoms with Gasteiger partial charge in [0, 0.05) is 6.54 Å². The number of hydrogen-bond acceptors (Lipinski definition) is 3. The first-order valence-electron chi connectivity index (χ1n) is 5.99. The third-order valence-corrected chi connectivity index (χ3v) is 2.98. The molecule has 16 heavy (non-hydrogen) atoms. The first kappa shape index (κ1) is 11.3. The van der Waals surface area contributed by atoms with Crippen molar-refractivity contribution in [2.24, 2.45) is 0 Å². The SMILES string of the molecule is Oc1ccccc1OCCN1CCCCC1. The normalized spacial score (nSPS) is 17.2. The van der Waals surface area contributed by atoms with Gasteiger partial charge in [-0.2, -0.15) is 0 Å². The molecule has 0 atom stereocenters. The van der Waals surface area contributed by atoms with E-state index in [1.54, 1.807) is 18.2 Å². The van der Waals surface area contributed by atoms with Gasteiger partial charge >= 0.3 is 0 Å². The molecule has 0 unspecified atom stereocenters. The summed E-state index contributed by atoms with van der Waals surface area (Å²) in [5, 5.41) is 9.51. The van der Waals surface area contributed by atoms with Crippen LogP contribution < -0.4 is 4.74 Å². The summed E-state index contributed by atoms with van der Waals surface area (Å²) < 4.78 is 5.55. The van der Waals surface area contributed by atoms with Crippen LogP contribution in [0.15, 0.2) is 24.3 Å². The molecule has 0 spiro atoms. The summed E-state index contributed by atoms with van der Waals surface area (Å²) in [5.41, 5.74) is 0. The Bertz CT molecular complexity index is 321. The fourth-order valence-corrected chi connectivity index (χ4v) is 2.05. The second-order valence-electron chi connectivity index (χ2n) is 4.22. The monoisotopic (exact) mass is 221 g/mol. The molecule has 0 amide bonds. The smallest absolute Gasteiger partial charge is 0.160 e. The van der Waals surface area contributed by atoms with E-state index in [4.69, 9.17) is 4.74 Å². The highest BCUT2D eigenvalue weighted by atomic mass is 16.5. The molecule has 1 fully saturated rings. The highest BCUT2D eigenvalue weighted by Gasteiger charge is 2.09. The number of phenols is 1. The summed E-state index contributed by atoms with van der Waals surface area (Å²) in [7, 11) is 0. The average molecular weight is 221 g/mol. The molecule has 2 rings (SSSR count). The van der Waals surface area contributed by atoms with Gasteiger partial charge in [-0.15, -0.1) is 0 Å². The van der Waals surface area contributed by atoms with Crippen molar-refractivity contribution in [2.45, 2.75) is 19.3 Å². The van der Waals surface area contributed by atoms with Crippen molar-refractivity contribution in [3.63, 3.8) is 0 Å². The molecular formula is C13H19NO2. The van der Waals surface area contributed by atoms with E-state index in [0.717, 1.165) is 6.54 Å². The highest BCUT2D eigenvalue weighted by Crippen LogP contribution is 2.24. The Balaban J connectivity index is 1.73. The number of nitrogens with zero attached hydrogens (tertiary/aromatic N) is 1. The Labute approximate surface area is 96.6 Å². The lowest BCUT2D eigenvalue weighted by atomic mass is 10.1. The van der Waals surface area contributed by atoms with Crippen molar-refractivity contribution >= 4 is 0 Å². The van der Waals surface area contributed by atoms with E-state index in [0.29, 0.717) is 12.4 Å². The highest BCUT2D eigenvalue weighted by molar-refractivity contribution is 5.37. The van der Waals surface area contributed by atoms with Crippen molar-refractivity contribution in [1.82, 2.24) is 4.90 Å². The van der Waals surface area contributed by atoms with Crippen LogP contribution >= 0.6 is 0 Å². The molecule has 1 heterocycles. The van der Waals surface area contributed by atoms with Gasteiger partial charge in [-0.05, 0) is 38.1 Å². The minimum Gasteiger partial charge on any atom is -0.504 e. The summed E-state index contributed by atoms with van der Waals surface area (Å²) in [4.78, 5) is 2.42. The van der Waals surface area contributed by atoms with Gasteiger partial charge in [0.1, 0.15) is 6.61 Å². The molecule has 1 aliphatic heterocycles. The van der Waals surface area contributed by atoms with Crippen LogP contribution in [0.4, 0.5) is 0 Å². The van der Waals surface area contributed by atoms with E-state index in [1.807, 2.05) is 6.07 Å². The van der Waals surface area contributed by atoms with Crippen LogP contribution in [-0.4, -0.2) is 36.2 Å². The molecule has 1 aliphatic rings. The second-order valence-corrected chi connectivity index (χ2v) is 4.22. The molecule has 0 bridgehead atoms. The van der Waals surface area contributed by atoms with Gasteiger partial charge in [0.15, 0.2) is 11.5 Å². The molecule has 0 radical (unpaired) electrons. The zero-order chi connectivity index (χ0) is 11.2. The quantitative estimate of drug-likeness (QED) is 0.846. The van der Waals surface area contributed by atoms with Crippen LogP contribution in [0.1, 0.15) is 19.3 Å². The molecule has 88 valence electrons. The molecular weight excluding hydrogens is 202 g/mol. The summed E-state index contributed by atoms with van der Waals surface area (Å²) >= 11 is 0. The summed E-state index contributed by atoms with van der Waals surface area (Å²) in [6, 6.07) is 7.12. The van der Waals surface area contributed by atoms with E-state index in [-0.39, 0.29) is 5.75 Å². The predicted octanol–water partition coefficient (Wildman–Crippen LogP) is 2.26. The standard InChI is InChI=1S/C13H19NO2/c15-12-6-2-3-7-13(12)16-11-10-14-8-4-1-5-9-14/h2-3,6-7,15H,1,4-5,8-11H2. The molecule has 0 aromatic heterocycles. The van der Waals surface area contributed by atoms with E-state index < -0.39 is 0 Å². The van der Waals surface area contributed by atoms with E-state index in [9.17, 15) is 5.11 Å². The van der Waals surface area contributed by atoms with Gasteiger partial charge in [0.25, 0.3) is 0 Å². The first-order chi connectivity index (χ1) is 7.86. The van der Waals surface area contributed by atoms with Gasteiger partial charge in [-0.3, -0.25) is 4.90 Å². The Morgan fingerprint density at radius 2 is 1.88 bits per heavy atom. The fraction of sp³-hybridized carbons (Fsp3) is 0.538. The maximum absolute atomic E-state index is 9.51. The van der Waals surface area contributed by atoms with Crippen LogP contribution in [0.2, 0.25) is 0 Å². The Morgan fingerprint density at radius 3 is 2.62 bits per heavy atom. The van der Waals surface area contributed by atoms with Crippen molar-refractivity contribution in [3.05, 3.63) is 24.3 Å². The van der Waals surface area contributed by atoms with E-state index in [2.05, 4.69) is 4.90 Å². The van der Waals surface area contributed by atoms with Gasteiger partial charge in [-0.1, -0.05) is 18.6 Å². The lowest BCUT2D eigenvalue weighted by molar-refractivity contribution is 0.181. The van der Waals surface area contributed by atoms with Crippen molar-refractivity contribution in [1.29, 1.82) is 0 Å². The minimum atomic E-state index is 0.223. The van der Waals surface area contributed by atoms with Crippen molar-refractivity contribution in [3.8, 4) is 11.5 Å². The summed E-state index contributed by atoms with van der Waals surface area (Å²) in [6.07, 6.45) is 3.96. The van der Waals surface area contributed by atoms with Crippen LogP contribution in [0.5, 0.6) is 11.5 Å². The number of likely N-dealkylation sites (tertiary alicyclic amines) is 1. The van der Waals surface area contributed by atoms with E-state index >= 15 is 0 Å². The Hall–Kier alpha value is -1.22. The van der Waals surface area contributed by atoms with Crippen LogP contribution in [-0.2, 0) is 0 Å². The zero-order valence-electron chi connectivity index (χ0n) is 9.56. The summed E-state index contributed by atoms with van der Waals surface area (Å²) in [5.74, 6) is 0.806. The summed E-state index contributed by atoms with van der Waals surface area (Å²) in [6.45, 7) is 3.97. The number of para-hydroxylation sites is 2. The molecule has 1 aromatic carbocycles. The maximum atomic E-state index is 9.51. The zero-order valence-corrected chi connectivity index (χ0v) is 9.56. The fourth-order valence-electron chi connectivity index (χ4n) is 2.05. The number of ether oxygens (including phenoxy) is 1. The number of benzene rings is 1. The predicted molar refractivity (Wildman–Crippen MR) is 63.9 cm³/mol. The number of piperidine rings is 1. The topological polar surface area (TPSA) is 32.7 Å². The molecule has 0 aliphatic carbocycles. The first-order valence-corrected chi connectivity index (χ1v) is 5.99. The average Bonchev–Trinajstić information content (AvgIpc) is 2.33. The van der Waals surface area contributed by atoms with Crippen molar-refractivity contribution in [2.75, 3.05) is 26.2 Å². The van der Waals surface area contributed by atoms with Gasteiger partial charge in [-0.25, -0.2) is 0 Å². The van der Waals surface area contributed by atoms with Crippen molar-refractivity contribution < 1.29 is 9.84 Å². The second kappa shape index (κ2) is 5.75. The third kappa shape index (κ3) is 3.14. The number of rotatable bonds is 4. The lowest BCUT2D eigenvalue weighted by Crippen LogP contribution is -2.33. The molecule has 3 nitrogen and oxygen atoms in total. The molecule has 1 saturated heterocycles. The van der Waals surface area contributed by atoms with Gasteiger partial charge < -0.3 is 9.84 Å². The van der Waals surface area contributed by atoms with E-state index in [1.165, 1.54) is 32.4 Å². The van der Waals surface area contributed by atoms with Crippen LogP contribution in [0.3, 0.4) is 0 Å². The number of phenolic OH excluding ortho intramolecular Hbond substituents is 1. The lowest BCUT2D eigenvalue weighted by Gasteiger charge is -2.26. The van der Waals surface area contributed by atoms with Gasteiger partial charge in [0.05, 0.1) is 0 Å².